The van der Waals surface area contributed by atoms with Gasteiger partial charge in [0.2, 0.25) is 0 Å². The second kappa shape index (κ2) is 20.3. The molecule has 4 heteroatoms. The van der Waals surface area contributed by atoms with Crippen LogP contribution >= 0.6 is 8.60 Å². The Labute approximate surface area is 253 Å². The number of benzene rings is 1. The largest absolute Gasteiger partial charge is 0.427 e. The maximum Gasteiger partial charge on any atom is 0.398 e. The Bertz CT molecular complexity index is 947. The molecule has 3 atom stereocenters. The highest BCUT2D eigenvalue weighted by molar-refractivity contribution is 7.42. The zero-order chi connectivity index (χ0) is 29.0. The molecule has 1 aromatic carbocycles. The summed E-state index contributed by atoms with van der Waals surface area (Å²) in [5, 5.41) is 0. The summed E-state index contributed by atoms with van der Waals surface area (Å²) in [7, 11) is -1.56. The van der Waals surface area contributed by atoms with Crippen LogP contribution < -0.4 is 4.52 Å². The highest BCUT2D eigenvalue weighted by Crippen LogP contribution is 2.48. The summed E-state index contributed by atoms with van der Waals surface area (Å²) in [5.41, 5.74) is 2.39. The molecule has 0 amide bonds. The first-order valence-corrected chi connectivity index (χ1v) is 17.8. The molecule has 2 aliphatic rings. The number of rotatable bonds is 22. The number of hydrogen-bond donors (Lipinski definition) is 0. The Balaban J connectivity index is 1.46. The topological polar surface area (TPSA) is 27.7 Å². The fourth-order valence-electron chi connectivity index (χ4n) is 5.40. The molecule has 0 bridgehead atoms. The lowest BCUT2D eigenvalue weighted by molar-refractivity contribution is 0.0934. The Morgan fingerprint density at radius 2 is 1.41 bits per heavy atom. The molecule has 0 fully saturated rings. The maximum absolute atomic E-state index is 6.51. The van der Waals surface area contributed by atoms with Gasteiger partial charge < -0.3 is 4.52 Å². The Kier molecular flexibility index (Phi) is 16.7. The van der Waals surface area contributed by atoms with Gasteiger partial charge in [-0.2, -0.15) is 0 Å². The highest BCUT2D eigenvalue weighted by atomic mass is 31.2. The van der Waals surface area contributed by atoms with Crippen molar-refractivity contribution < 1.29 is 13.6 Å². The molecule has 0 spiro atoms. The van der Waals surface area contributed by atoms with Gasteiger partial charge in [-0.05, 0) is 63.1 Å². The number of unbranched alkanes of at least 4 members (excludes halogenated alkanes) is 12. The van der Waals surface area contributed by atoms with Crippen LogP contribution in [0.1, 0.15) is 135 Å². The first kappa shape index (κ1) is 33.8. The molecule has 3 nitrogen and oxygen atoms in total. The lowest BCUT2D eigenvalue weighted by Gasteiger charge is -2.31. The SMILES string of the molecule is CCCCCCCCCC1=CCC(OP(Oc2ccc(CCCCCCCCC)cc2)OC2(C)C=CC=CC2)C=C1. The Morgan fingerprint density at radius 3 is 2.00 bits per heavy atom. The second-order valence-electron chi connectivity index (χ2n) is 12.1. The van der Waals surface area contributed by atoms with Gasteiger partial charge in [-0.3, -0.25) is 9.05 Å². The fraction of sp³-hybridized carbons (Fsp3) is 0.622. The number of aryl methyl sites for hydroxylation is 1. The average Bonchev–Trinajstić information content (AvgIpc) is 2.98. The van der Waals surface area contributed by atoms with E-state index in [1.807, 2.05) is 0 Å². The zero-order valence-electron chi connectivity index (χ0n) is 26.3. The summed E-state index contributed by atoms with van der Waals surface area (Å²) in [6.45, 7) is 6.66. The summed E-state index contributed by atoms with van der Waals surface area (Å²) in [6.07, 6.45) is 37.9. The molecular formula is C37H57O3P. The van der Waals surface area contributed by atoms with Gasteiger partial charge in [0, 0.05) is 0 Å². The zero-order valence-corrected chi connectivity index (χ0v) is 27.2. The smallest absolute Gasteiger partial charge is 0.398 e. The minimum Gasteiger partial charge on any atom is -0.427 e. The van der Waals surface area contributed by atoms with Crippen LogP contribution in [0.5, 0.6) is 5.75 Å². The van der Waals surface area contributed by atoms with Gasteiger partial charge in [-0.15, -0.1) is 0 Å². The van der Waals surface area contributed by atoms with Crippen LogP contribution in [0.15, 0.2) is 72.4 Å². The first-order chi connectivity index (χ1) is 20.1. The lowest BCUT2D eigenvalue weighted by atomic mass is 9.98. The van der Waals surface area contributed by atoms with E-state index in [4.69, 9.17) is 13.6 Å². The maximum atomic E-state index is 6.51. The van der Waals surface area contributed by atoms with Crippen LogP contribution in [0.25, 0.3) is 0 Å². The van der Waals surface area contributed by atoms with Gasteiger partial charge in [-0.1, -0.05) is 151 Å². The minimum absolute atomic E-state index is 0.0257. The summed E-state index contributed by atoms with van der Waals surface area (Å²) >= 11 is 0. The van der Waals surface area contributed by atoms with E-state index < -0.39 is 14.2 Å². The van der Waals surface area contributed by atoms with Crippen LogP contribution in [-0.2, 0) is 15.5 Å². The molecule has 228 valence electrons. The van der Waals surface area contributed by atoms with E-state index in [9.17, 15) is 0 Å². The molecule has 0 aromatic heterocycles. The van der Waals surface area contributed by atoms with Gasteiger partial charge >= 0.3 is 8.60 Å². The third-order valence-electron chi connectivity index (χ3n) is 8.10. The summed E-state index contributed by atoms with van der Waals surface area (Å²) in [6, 6.07) is 8.55. The minimum atomic E-state index is -1.56. The molecule has 41 heavy (non-hydrogen) atoms. The molecule has 3 rings (SSSR count). The number of hydrogen-bond acceptors (Lipinski definition) is 3. The molecule has 2 aliphatic carbocycles. The van der Waals surface area contributed by atoms with E-state index in [2.05, 4.69) is 87.6 Å². The van der Waals surface area contributed by atoms with Gasteiger partial charge in [0.1, 0.15) is 5.75 Å². The van der Waals surface area contributed by atoms with Crippen molar-refractivity contribution in [3.05, 3.63) is 77.9 Å². The van der Waals surface area contributed by atoms with Crippen LogP contribution in [-0.4, -0.2) is 11.7 Å². The van der Waals surface area contributed by atoms with Gasteiger partial charge in [0.25, 0.3) is 0 Å². The van der Waals surface area contributed by atoms with Crippen molar-refractivity contribution in [2.45, 2.75) is 148 Å². The predicted molar refractivity (Wildman–Crippen MR) is 177 cm³/mol. The second-order valence-corrected chi connectivity index (χ2v) is 13.1. The third-order valence-corrected chi connectivity index (χ3v) is 9.47. The van der Waals surface area contributed by atoms with E-state index >= 15 is 0 Å². The quantitative estimate of drug-likeness (QED) is 0.101. The molecule has 0 saturated carbocycles. The van der Waals surface area contributed by atoms with Gasteiger partial charge in [-0.25, -0.2) is 0 Å². The van der Waals surface area contributed by atoms with E-state index in [0.29, 0.717) is 0 Å². The molecular weight excluding hydrogens is 523 g/mol. The molecule has 0 N–H and O–H groups in total. The van der Waals surface area contributed by atoms with Crippen LogP contribution in [0.2, 0.25) is 0 Å². The van der Waals surface area contributed by atoms with Crippen LogP contribution in [0.3, 0.4) is 0 Å². The van der Waals surface area contributed by atoms with E-state index in [0.717, 1.165) is 25.0 Å². The van der Waals surface area contributed by atoms with E-state index in [-0.39, 0.29) is 6.10 Å². The van der Waals surface area contributed by atoms with E-state index in [1.165, 1.54) is 107 Å². The molecule has 0 heterocycles. The van der Waals surface area contributed by atoms with Crippen LogP contribution in [0, 0.1) is 0 Å². The third kappa shape index (κ3) is 14.4. The fourth-order valence-corrected chi connectivity index (χ4v) is 6.67. The normalized spacial score (nSPS) is 20.8. The van der Waals surface area contributed by atoms with Gasteiger partial charge in [0.05, 0.1) is 11.7 Å². The van der Waals surface area contributed by atoms with Crippen molar-refractivity contribution in [1.29, 1.82) is 0 Å². The predicted octanol–water partition coefficient (Wildman–Crippen LogP) is 12.3. The first-order valence-electron chi connectivity index (χ1n) is 16.7. The Morgan fingerprint density at radius 1 is 0.780 bits per heavy atom. The van der Waals surface area contributed by atoms with Crippen molar-refractivity contribution in [2.24, 2.45) is 0 Å². The van der Waals surface area contributed by atoms with Crippen molar-refractivity contribution in [1.82, 2.24) is 0 Å². The molecule has 1 aromatic rings. The molecule has 3 unspecified atom stereocenters. The molecule has 0 saturated heterocycles. The van der Waals surface area contributed by atoms with Gasteiger partial charge in [0.15, 0.2) is 0 Å². The van der Waals surface area contributed by atoms with Crippen molar-refractivity contribution >= 4 is 8.60 Å². The number of allylic oxidation sites excluding steroid dienone is 4. The standard InChI is InChI=1S/C37H57O3P/c1-4-6-8-10-12-14-17-21-33-23-27-35(28-24-33)38-41(40-37(3)31-19-16-20-32-37)39-36-29-25-34(26-30-36)22-18-15-13-11-9-7-5-2/h16,19-20,23-29,31,36H,4-15,17-18,21-22,30,32H2,1-3H3. The lowest BCUT2D eigenvalue weighted by Crippen LogP contribution is -2.26. The molecule has 0 radical (unpaired) electrons. The summed E-state index contributed by atoms with van der Waals surface area (Å²) < 4.78 is 19.4. The van der Waals surface area contributed by atoms with Crippen molar-refractivity contribution in [3.63, 3.8) is 0 Å². The summed E-state index contributed by atoms with van der Waals surface area (Å²) in [4.78, 5) is 0. The van der Waals surface area contributed by atoms with Crippen molar-refractivity contribution in [3.8, 4) is 5.75 Å². The summed E-state index contributed by atoms with van der Waals surface area (Å²) in [5.74, 6) is 0.813. The monoisotopic (exact) mass is 580 g/mol. The average molecular weight is 581 g/mol. The van der Waals surface area contributed by atoms with E-state index in [1.54, 1.807) is 0 Å². The highest BCUT2D eigenvalue weighted by Gasteiger charge is 2.31. The molecule has 0 aliphatic heterocycles. The van der Waals surface area contributed by atoms with Crippen molar-refractivity contribution in [2.75, 3.05) is 0 Å². The van der Waals surface area contributed by atoms with Crippen LogP contribution in [0.4, 0.5) is 0 Å². The Hall–Kier alpha value is -1.67.